The van der Waals surface area contributed by atoms with Crippen molar-refractivity contribution in [1.29, 1.82) is 0 Å². The van der Waals surface area contributed by atoms with E-state index in [-0.39, 0.29) is 11.1 Å². The van der Waals surface area contributed by atoms with Crippen LogP contribution < -0.4 is 0 Å². The maximum atomic E-state index is 12.6. The van der Waals surface area contributed by atoms with Crippen LogP contribution in [0.4, 0.5) is 13.2 Å². The number of hydrogen-bond acceptors (Lipinski definition) is 2. The lowest BCUT2D eigenvalue weighted by Crippen LogP contribution is -2.09. The molecule has 18 heavy (non-hydrogen) atoms. The number of benzene rings is 1. The molecule has 1 aliphatic heterocycles. The van der Waals surface area contributed by atoms with Crippen molar-refractivity contribution in [2.45, 2.75) is 25.1 Å². The summed E-state index contributed by atoms with van der Waals surface area (Å²) in [5.74, 6) is 0. The zero-order valence-electron chi connectivity index (χ0n) is 9.38. The van der Waals surface area contributed by atoms with Crippen LogP contribution in [0.15, 0.2) is 23.2 Å². The Labute approximate surface area is 107 Å². The van der Waals surface area contributed by atoms with Gasteiger partial charge in [0.15, 0.2) is 6.40 Å². The van der Waals surface area contributed by atoms with E-state index in [2.05, 4.69) is 4.99 Å². The molecule has 1 aromatic rings. The molecule has 0 amide bonds. The molecule has 0 fully saturated rings. The minimum atomic E-state index is -4.41. The first-order valence-corrected chi connectivity index (χ1v) is 5.83. The van der Waals surface area contributed by atoms with Crippen molar-refractivity contribution in [3.63, 3.8) is 0 Å². The summed E-state index contributed by atoms with van der Waals surface area (Å²) < 4.78 is 42.9. The summed E-state index contributed by atoms with van der Waals surface area (Å²) in [6.45, 7) is 0.500. The fourth-order valence-corrected chi connectivity index (χ4v) is 1.99. The van der Waals surface area contributed by atoms with Gasteiger partial charge in [-0.3, -0.25) is 4.99 Å². The Morgan fingerprint density at radius 2 is 2.17 bits per heavy atom. The monoisotopic (exact) mass is 277 g/mol. The van der Waals surface area contributed by atoms with Crippen LogP contribution >= 0.6 is 11.6 Å². The minimum Gasteiger partial charge on any atom is -0.481 e. The SMILES string of the molecule is FC(F)(F)c1cc(CCC2COC=N2)ccc1Cl. The minimum absolute atomic E-state index is 0.0371. The summed E-state index contributed by atoms with van der Waals surface area (Å²) in [5.41, 5.74) is -0.179. The summed E-state index contributed by atoms with van der Waals surface area (Å²) in [4.78, 5) is 4.04. The molecule has 6 heteroatoms. The molecule has 1 unspecified atom stereocenters. The summed E-state index contributed by atoms with van der Waals surface area (Å²) in [5, 5.41) is -0.270. The average Bonchev–Trinajstić information content (AvgIpc) is 2.79. The van der Waals surface area contributed by atoms with E-state index in [4.69, 9.17) is 16.3 Å². The first-order chi connectivity index (χ1) is 8.47. The van der Waals surface area contributed by atoms with Crippen LogP contribution in [0, 0.1) is 0 Å². The molecular formula is C12H11ClF3NO. The Balaban J connectivity index is 2.07. The number of aliphatic imine (C=N–C) groups is 1. The molecule has 2 nitrogen and oxygen atoms in total. The lowest BCUT2D eigenvalue weighted by Gasteiger charge is -2.11. The van der Waals surface area contributed by atoms with Crippen LogP contribution in [0.5, 0.6) is 0 Å². The maximum Gasteiger partial charge on any atom is 0.417 e. The Bertz CT molecular complexity index is 459. The third-order valence-electron chi connectivity index (χ3n) is 2.74. The van der Waals surface area contributed by atoms with E-state index in [0.29, 0.717) is 25.0 Å². The fourth-order valence-electron chi connectivity index (χ4n) is 1.76. The van der Waals surface area contributed by atoms with Gasteiger partial charge < -0.3 is 4.74 Å². The number of rotatable bonds is 3. The van der Waals surface area contributed by atoms with Gasteiger partial charge in [-0.1, -0.05) is 17.7 Å². The van der Waals surface area contributed by atoms with Crippen molar-refractivity contribution in [3.05, 3.63) is 34.3 Å². The number of halogens is 4. The normalized spacial score (nSPS) is 19.0. The van der Waals surface area contributed by atoms with E-state index in [1.807, 2.05) is 0 Å². The molecule has 1 aromatic carbocycles. The van der Waals surface area contributed by atoms with E-state index in [1.54, 1.807) is 6.07 Å². The van der Waals surface area contributed by atoms with Gasteiger partial charge in [0, 0.05) is 0 Å². The number of aryl methyl sites for hydroxylation is 1. The van der Waals surface area contributed by atoms with Crippen LogP contribution in [-0.4, -0.2) is 19.0 Å². The lowest BCUT2D eigenvalue weighted by atomic mass is 10.0. The van der Waals surface area contributed by atoms with Gasteiger partial charge in [-0.25, -0.2) is 0 Å². The predicted molar refractivity (Wildman–Crippen MR) is 63.0 cm³/mol. The van der Waals surface area contributed by atoms with E-state index in [0.717, 1.165) is 6.07 Å². The molecule has 0 radical (unpaired) electrons. The van der Waals surface area contributed by atoms with Gasteiger partial charge in [0.05, 0.1) is 16.6 Å². The highest BCUT2D eigenvalue weighted by molar-refractivity contribution is 6.31. The second-order valence-corrected chi connectivity index (χ2v) is 4.50. The van der Waals surface area contributed by atoms with Crippen molar-refractivity contribution in [2.75, 3.05) is 6.61 Å². The van der Waals surface area contributed by atoms with Crippen LogP contribution in [0.1, 0.15) is 17.5 Å². The number of hydrogen-bond donors (Lipinski definition) is 0. The average molecular weight is 278 g/mol. The van der Waals surface area contributed by atoms with Crippen LogP contribution in [0.25, 0.3) is 0 Å². The zero-order chi connectivity index (χ0) is 13.2. The molecule has 0 saturated heterocycles. The van der Waals surface area contributed by atoms with Gasteiger partial charge in [-0.2, -0.15) is 13.2 Å². The van der Waals surface area contributed by atoms with Gasteiger partial charge in [0.2, 0.25) is 0 Å². The third kappa shape index (κ3) is 3.16. The topological polar surface area (TPSA) is 21.6 Å². The first kappa shape index (κ1) is 13.2. The second-order valence-electron chi connectivity index (χ2n) is 4.09. The summed E-state index contributed by atoms with van der Waals surface area (Å²) >= 11 is 5.54. The third-order valence-corrected chi connectivity index (χ3v) is 3.07. The summed E-state index contributed by atoms with van der Waals surface area (Å²) in [6, 6.07) is 4.03. The molecule has 98 valence electrons. The van der Waals surface area contributed by atoms with Gasteiger partial charge >= 0.3 is 6.18 Å². The molecular weight excluding hydrogens is 267 g/mol. The molecule has 1 aliphatic rings. The molecule has 0 bridgehead atoms. The molecule has 0 aliphatic carbocycles. The largest absolute Gasteiger partial charge is 0.481 e. The highest BCUT2D eigenvalue weighted by atomic mass is 35.5. The molecule has 0 aromatic heterocycles. The van der Waals surface area contributed by atoms with Crippen molar-refractivity contribution in [3.8, 4) is 0 Å². The highest BCUT2D eigenvalue weighted by Gasteiger charge is 2.33. The Hall–Kier alpha value is -1.23. The fraction of sp³-hybridized carbons (Fsp3) is 0.417. The molecule has 0 saturated carbocycles. The molecule has 1 heterocycles. The van der Waals surface area contributed by atoms with Crippen molar-refractivity contribution >= 4 is 18.0 Å². The molecule has 0 spiro atoms. The van der Waals surface area contributed by atoms with E-state index in [9.17, 15) is 13.2 Å². The number of nitrogens with zero attached hydrogens (tertiary/aromatic N) is 1. The van der Waals surface area contributed by atoms with Crippen LogP contribution in [0.2, 0.25) is 5.02 Å². The van der Waals surface area contributed by atoms with Crippen molar-refractivity contribution < 1.29 is 17.9 Å². The number of alkyl halides is 3. The second kappa shape index (κ2) is 5.18. The van der Waals surface area contributed by atoms with Gasteiger partial charge in [-0.15, -0.1) is 0 Å². The zero-order valence-corrected chi connectivity index (χ0v) is 10.1. The van der Waals surface area contributed by atoms with Crippen LogP contribution in [0.3, 0.4) is 0 Å². The quantitative estimate of drug-likeness (QED) is 0.825. The molecule has 1 atom stereocenters. The molecule has 2 rings (SSSR count). The smallest absolute Gasteiger partial charge is 0.417 e. The Morgan fingerprint density at radius 3 is 2.78 bits per heavy atom. The van der Waals surface area contributed by atoms with E-state index >= 15 is 0 Å². The highest BCUT2D eigenvalue weighted by Crippen LogP contribution is 2.35. The number of ether oxygens (including phenoxy) is 1. The first-order valence-electron chi connectivity index (χ1n) is 5.45. The Morgan fingerprint density at radius 1 is 1.39 bits per heavy atom. The maximum absolute atomic E-state index is 12.6. The summed E-state index contributed by atoms with van der Waals surface area (Å²) in [7, 11) is 0. The Kier molecular flexibility index (Phi) is 3.80. The van der Waals surface area contributed by atoms with Gasteiger partial charge in [0.25, 0.3) is 0 Å². The van der Waals surface area contributed by atoms with Crippen molar-refractivity contribution in [1.82, 2.24) is 0 Å². The predicted octanol–water partition coefficient (Wildman–Crippen LogP) is 3.72. The van der Waals surface area contributed by atoms with Gasteiger partial charge in [0.1, 0.15) is 6.61 Å². The lowest BCUT2D eigenvalue weighted by molar-refractivity contribution is -0.137. The van der Waals surface area contributed by atoms with E-state index in [1.165, 1.54) is 12.5 Å². The van der Waals surface area contributed by atoms with Crippen LogP contribution in [-0.2, 0) is 17.3 Å². The van der Waals surface area contributed by atoms with Gasteiger partial charge in [-0.05, 0) is 30.5 Å². The molecule has 0 N–H and O–H groups in total. The summed E-state index contributed by atoms with van der Waals surface area (Å²) in [6.07, 6.45) is -1.85. The standard InChI is InChI=1S/C12H11ClF3NO/c13-11-4-2-8(5-10(11)12(14,15)16)1-3-9-6-18-7-17-9/h2,4-5,7,9H,1,3,6H2. The van der Waals surface area contributed by atoms with Crippen molar-refractivity contribution in [2.24, 2.45) is 4.99 Å². The van der Waals surface area contributed by atoms with E-state index < -0.39 is 11.7 Å².